The van der Waals surface area contributed by atoms with Gasteiger partial charge in [0.15, 0.2) is 5.76 Å². The normalized spacial score (nSPS) is 20.9. The Morgan fingerprint density at radius 3 is 2.92 bits per heavy atom. The number of nitrogens with zero attached hydrogens (tertiary/aromatic N) is 2. The lowest BCUT2D eigenvalue weighted by molar-refractivity contribution is 0.0340. The first-order chi connectivity index (χ1) is 12.5. The van der Waals surface area contributed by atoms with Gasteiger partial charge in [-0.3, -0.25) is 9.69 Å². The maximum Gasteiger partial charge on any atom is 0.287 e. The van der Waals surface area contributed by atoms with E-state index in [9.17, 15) is 9.90 Å². The molecule has 1 amide bonds. The molecule has 0 radical (unpaired) electrons. The van der Waals surface area contributed by atoms with Crippen LogP contribution in [-0.4, -0.2) is 52.9 Å². The van der Waals surface area contributed by atoms with Gasteiger partial charge in [0.2, 0.25) is 0 Å². The number of β-amino-alcohol motifs (C(OH)–C–C–N with tert-alkyl or cyclic N) is 1. The van der Waals surface area contributed by atoms with Crippen molar-refractivity contribution in [2.75, 3.05) is 19.7 Å². The quantitative estimate of drug-likeness (QED) is 0.805. The molecule has 142 valence electrons. The fourth-order valence-corrected chi connectivity index (χ4v) is 3.16. The monoisotopic (exact) mass is 363 g/mol. The van der Waals surface area contributed by atoms with E-state index in [4.69, 9.17) is 13.7 Å². The predicted octanol–water partition coefficient (Wildman–Crippen LogP) is 1.65. The molecule has 2 atom stereocenters. The number of piperidine rings is 1. The van der Waals surface area contributed by atoms with Gasteiger partial charge in [0.25, 0.3) is 11.9 Å². The van der Waals surface area contributed by atoms with Crippen molar-refractivity contribution in [2.24, 2.45) is 0 Å². The predicted molar refractivity (Wildman–Crippen MR) is 93.0 cm³/mol. The van der Waals surface area contributed by atoms with Gasteiger partial charge in [-0.2, -0.15) is 0 Å². The van der Waals surface area contributed by atoms with E-state index >= 15 is 0 Å². The third-order valence-electron chi connectivity index (χ3n) is 4.64. The lowest BCUT2D eigenvalue weighted by atomic mass is 10.0. The molecular formula is C18H25N3O5. The Bertz CT molecular complexity index is 734. The van der Waals surface area contributed by atoms with Gasteiger partial charge in [0.05, 0.1) is 24.4 Å². The lowest BCUT2D eigenvalue weighted by Crippen LogP contribution is -2.53. The van der Waals surface area contributed by atoms with Crippen molar-refractivity contribution in [3.8, 4) is 5.95 Å². The first-order valence-electron chi connectivity index (χ1n) is 8.83. The Kier molecular flexibility index (Phi) is 5.63. The molecule has 0 unspecified atom stereocenters. The largest absolute Gasteiger partial charge is 0.465 e. The van der Waals surface area contributed by atoms with Crippen molar-refractivity contribution < 1.29 is 23.6 Å². The van der Waals surface area contributed by atoms with E-state index in [1.54, 1.807) is 12.1 Å². The number of aromatic nitrogens is 1. The standard InChI is InChI=1S/C18H25N3O5/c1-4-24-17-6-5-16(25-17)18(23)19-14-7-8-21(10-15(14)22)9-13-11(2)20-26-12(13)3/h5-6,14-15,22H,4,7-10H2,1-3H3,(H,19,23)/t14-,15-/m1/s1. The molecule has 1 aliphatic rings. The van der Waals surface area contributed by atoms with E-state index in [0.717, 1.165) is 23.6 Å². The number of aliphatic hydroxyl groups excluding tert-OH is 1. The average Bonchev–Trinajstić information content (AvgIpc) is 3.20. The van der Waals surface area contributed by atoms with Crippen molar-refractivity contribution in [3.63, 3.8) is 0 Å². The van der Waals surface area contributed by atoms with Gasteiger partial charge in [-0.25, -0.2) is 0 Å². The van der Waals surface area contributed by atoms with Crippen LogP contribution in [-0.2, 0) is 6.54 Å². The summed E-state index contributed by atoms with van der Waals surface area (Å²) in [6, 6.07) is 2.87. The molecule has 0 aromatic carbocycles. The number of rotatable bonds is 6. The third-order valence-corrected chi connectivity index (χ3v) is 4.64. The SMILES string of the molecule is CCOc1ccc(C(=O)N[C@@H]2CCN(Cc3c(C)noc3C)C[C@H]2O)o1. The topological polar surface area (TPSA) is 101 Å². The first-order valence-corrected chi connectivity index (χ1v) is 8.83. The number of hydrogen-bond acceptors (Lipinski definition) is 7. The van der Waals surface area contributed by atoms with Crippen LogP contribution < -0.4 is 10.1 Å². The summed E-state index contributed by atoms with van der Waals surface area (Å²) in [7, 11) is 0. The molecular weight excluding hydrogens is 338 g/mol. The molecule has 3 heterocycles. The number of likely N-dealkylation sites (tertiary alicyclic amines) is 1. The number of aliphatic hydroxyl groups is 1. The van der Waals surface area contributed by atoms with Crippen molar-refractivity contribution in [2.45, 2.75) is 45.9 Å². The highest BCUT2D eigenvalue weighted by Gasteiger charge is 2.30. The minimum absolute atomic E-state index is 0.179. The Morgan fingerprint density at radius 1 is 1.46 bits per heavy atom. The van der Waals surface area contributed by atoms with Gasteiger partial charge in [0.1, 0.15) is 5.76 Å². The minimum atomic E-state index is -0.658. The van der Waals surface area contributed by atoms with E-state index < -0.39 is 6.10 Å². The summed E-state index contributed by atoms with van der Waals surface area (Å²) in [4.78, 5) is 14.4. The Balaban J connectivity index is 1.54. The summed E-state index contributed by atoms with van der Waals surface area (Å²) < 4.78 is 15.7. The summed E-state index contributed by atoms with van der Waals surface area (Å²) >= 11 is 0. The number of hydrogen-bond donors (Lipinski definition) is 2. The zero-order valence-corrected chi connectivity index (χ0v) is 15.3. The molecule has 1 aliphatic heterocycles. The molecule has 3 rings (SSSR count). The summed E-state index contributed by atoms with van der Waals surface area (Å²) in [5.74, 6) is 0.945. The molecule has 26 heavy (non-hydrogen) atoms. The Labute approximate surface area is 152 Å². The van der Waals surface area contributed by atoms with E-state index in [0.29, 0.717) is 32.1 Å². The van der Waals surface area contributed by atoms with Crippen molar-refractivity contribution in [3.05, 3.63) is 34.9 Å². The number of carbonyl (C=O) groups excluding carboxylic acids is 1. The highest BCUT2D eigenvalue weighted by atomic mass is 16.6. The van der Waals surface area contributed by atoms with Crippen LogP contribution in [0.2, 0.25) is 0 Å². The molecule has 2 N–H and O–H groups in total. The molecule has 2 aromatic heterocycles. The highest BCUT2D eigenvalue weighted by Crippen LogP contribution is 2.20. The number of amides is 1. The number of carbonyl (C=O) groups is 1. The fraction of sp³-hybridized carbons (Fsp3) is 0.556. The van der Waals surface area contributed by atoms with Gasteiger partial charge in [-0.05, 0) is 33.3 Å². The first kappa shape index (κ1) is 18.5. The molecule has 8 nitrogen and oxygen atoms in total. The summed E-state index contributed by atoms with van der Waals surface area (Å²) in [6.07, 6.45) is -0.00975. The Hall–Kier alpha value is -2.32. The van der Waals surface area contributed by atoms with Crippen molar-refractivity contribution in [1.29, 1.82) is 0 Å². The molecule has 0 saturated carbocycles. The molecule has 0 spiro atoms. The van der Waals surface area contributed by atoms with Crippen LogP contribution in [0.3, 0.4) is 0 Å². The molecule has 8 heteroatoms. The minimum Gasteiger partial charge on any atom is -0.465 e. The Morgan fingerprint density at radius 2 is 2.27 bits per heavy atom. The van der Waals surface area contributed by atoms with E-state index in [-0.39, 0.29) is 17.7 Å². The van der Waals surface area contributed by atoms with Crippen LogP contribution in [0.15, 0.2) is 21.1 Å². The molecule has 0 aliphatic carbocycles. The van der Waals surface area contributed by atoms with Gasteiger partial charge in [-0.15, -0.1) is 0 Å². The van der Waals surface area contributed by atoms with Crippen LogP contribution >= 0.6 is 0 Å². The maximum atomic E-state index is 12.3. The van der Waals surface area contributed by atoms with Gasteiger partial charge in [-0.1, -0.05) is 5.16 Å². The van der Waals surface area contributed by atoms with Gasteiger partial charge in [0, 0.05) is 31.3 Å². The maximum absolute atomic E-state index is 12.3. The van der Waals surface area contributed by atoms with Crippen LogP contribution in [0.1, 0.15) is 40.9 Å². The molecule has 2 aromatic rings. The van der Waals surface area contributed by atoms with Gasteiger partial charge >= 0.3 is 0 Å². The van der Waals surface area contributed by atoms with Crippen molar-refractivity contribution in [1.82, 2.24) is 15.4 Å². The lowest BCUT2D eigenvalue weighted by Gasteiger charge is -2.36. The van der Waals surface area contributed by atoms with Crippen LogP contribution in [0.5, 0.6) is 5.95 Å². The van der Waals surface area contributed by atoms with E-state index in [2.05, 4.69) is 15.4 Å². The highest BCUT2D eigenvalue weighted by molar-refractivity contribution is 5.91. The van der Waals surface area contributed by atoms with Crippen molar-refractivity contribution >= 4 is 5.91 Å². The number of ether oxygens (including phenoxy) is 1. The second kappa shape index (κ2) is 7.92. The molecule has 0 bridgehead atoms. The van der Waals surface area contributed by atoms with Gasteiger partial charge < -0.3 is 24.1 Å². The number of nitrogens with one attached hydrogen (secondary N) is 1. The summed E-state index contributed by atoms with van der Waals surface area (Å²) in [5.41, 5.74) is 1.93. The second-order valence-electron chi connectivity index (χ2n) is 6.53. The smallest absolute Gasteiger partial charge is 0.287 e. The van der Waals surface area contributed by atoms with Crippen LogP contribution in [0.25, 0.3) is 0 Å². The number of aryl methyl sites for hydroxylation is 2. The second-order valence-corrected chi connectivity index (χ2v) is 6.53. The van der Waals surface area contributed by atoms with E-state index in [1.807, 2.05) is 20.8 Å². The molecule has 1 fully saturated rings. The summed E-state index contributed by atoms with van der Waals surface area (Å²) in [6.45, 7) is 8.01. The van der Waals surface area contributed by atoms with Crippen LogP contribution in [0, 0.1) is 13.8 Å². The van der Waals surface area contributed by atoms with E-state index in [1.165, 1.54) is 0 Å². The third kappa shape index (κ3) is 4.08. The van der Waals surface area contributed by atoms with Crippen LogP contribution in [0.4, 0.5) is 0 Å². The zero-order chi connectivity index (χ0) is 18.7. The average molecular weight is 363 g/mol. The molecule has 1 saturated heterocycles. The summed E-state index contributed by atoms with van der Waals surface area (Å²) in [5, 5.41) is 17.2. The zero-order valence-electron chi connectivity index (χ0n) is 15.3. The fourth-order valence-electron chi connectivity index (χ4n) is 3.16. The number of furan rings is 1.